The van der Waals surface area contributed by atoms with Crippen molar-refractivity contribution in [3.63, 3.8) is 0 Å². The Kier molecular flexibility index (Phi) is 6.42. The molecule has 0 atom stereocenters. The first-order chi connectivity index (χ1) is 12.4. The molecule has 0 spiro atoms. The number of nitrogens with two attached hydrogens (primary N) is 1. The lowest BCUT2D eigenvalue weighted by atomic mass is 9.77. The van der Waals surface area contributed by atoms with E-state index >= 15 is 0 Å². The number of aryl methyl sites for hydroxylation is 1. The van der Waals surface area contributed by atoms with Crippen molar-refractivity contribution in [3.05, 3.63) is 35.4 Å². The minimum absolute atomic E-state index is 0.369. The van der Waals surface area contributed by atoms with Crippen molar-refractivity contribution in [1.82, 2.24) is 0 Å². The second-order valence-electron chi connectivity index (χ2n) is 9.09. The number of rotatable bonds is 6. The van der Waals surface area contributed by atoms with Crippen LogP contribution in [0, 0.1) is 5.92 Å². The van der Waals surface area contributed by atoms with Gasteiger partial charge in [-0.25, -0.2) is 0 Å². The monoisotopic (exact) mass is 359 g/mol. The third kappa shape index (κ3) is 5.31. The highest BCUT2D eigenvalue weighted by Gasteiger charge is 2.36. The Labute approximate surface area is 159 Å². The lowest BCUT2D eigenvalue weighted by Gasteiger charge is -2.41. The fourth-order valence-electron chi connectivity index (χ4n) is 4.41. The highest BCUT2D eigenvalue weighted by molar-refractivity contribution is 5.26. The van der Waals surface area contributed by atoms with Crippen LogP contribution in [0.4, 0.5) is 0 Å². The van der Waals surface area contributed by atoms with Crippen LogP contribution in [0.5, 0.6) is 0 Å². The third-order valence-corrected chi connectivity index (χ3v) is 6.32. The van der Waals surface area contributed by atoms with Crippen molar-refractivity contribution in [2.45, 2.75) is 89.4 Å². The summed E-state index contributed by atoms with van der Waals surface area (Å²) in [5.74, 6) is 1.24. The van der Waals surface area contributed by atoms with Crippen LogP contribution in [-0.2, 0) is 15.9 Å². The Morgan fingerprint density at radius 2 is 1.62 bits per heavy atom. The Balaban J connectivity index is 1.48. The summed E-state index contributed by atoms with van der Waals surface area (Å²) in [7, 11) is 0. The van der Waals surface area contributed by atoms with Gasteiger partial charge >= 0.3 is 0 Å². The van der Waals surface area contributed by atoms with Gasteiger partial charge in [-0.3, -0.25) is 0 Å². The summed E-state index contributed by atoms with van der Waals surface area (Å²) in [5.41, 5.74) is 8.98. The van der Waals surface area contributed by atoms with Crippen molar-refractivity contribution < 1.29 is 9.47 Å². The molecule has 1 heterocycles. The van der Waals surface area contributed by atoms with Gasteiger partial charge in [0.1, 0.15) is 0 Å². The first-order valence-corrected chi connectivity index (χ1v) is 10.5. The maximum absolute atomic E-state index is 6.46. The molecule has 0 amide bonds. The van der Waals surface area contributed by atoms with Gasteiger partial charge in [0, 0.05) is 0 Å². The van der Waals surface area contributed by atoms with Crippen molar-refractivity contribution in [2.24, 2.45) is 11.7 Å². The lowest BCUT2D eigenvalue weighted by molar-refractivity contribution is -0.267. The summed E-state index contributed by atoms with van der Waals surface area (Å²) in [4.78, 5) is 0. The van der Waals surface area contributed by atoms with Crippen LogP contribution in [-0.4, -0.2) is 24.5 Å². The number of ether oxygens (including phenoxy) is 2. The second-order valence-corrected chi connectivity index (χ2v) is 9.09. The van der Waals surface area contributed by atoms with E-state index < -0.39 is 5.79 Å². The first-order valence-electron chi connectivity index (χ1n) is 10.5. The van der Waals surface area contributed by atoms with Gasteiger partial charge in [0.2, 0.25) is 0 Å². The molecule has 1 aromatic carbocycles. The largest absolute Gasteiger partial charge is 0.349 e. The van der Waals surface area contributed by atoms with Gasteiger partial charge in [0.15, 0.2) is 5.79 Å². The van der Waals surface area contributed by atoms with Gasteiger partial charge in [0.25, 0.3) is 0 Å². The molecule has 1 aliphatic carbocycles. The minimum Gasteiger partial charge on any atom is -0.349 e. The standard InChI is InChI=1S/C23H37NO2/c1-4-5-18-6-10-20(11-7-18)21-12-8-19(9-13-21)14-15-23(24)16-25-22(2,3)26-17-23/h8-9,12-13,18,20H,4-7,10-11,14-17,24H2,1-3H3. The number of benzene rings is 1. The molecule has 0 radical (unpaired) electrons. The average molecular weight is 360 g/mol. The van der Waals surface area contributed by atoms with Crippen LogP contribution in [0.3, 0.4) is 0 Å². The molecule has 0 unspecified atom stereocenters. The van der Waals surface area contributed by atoms with Gasteiger partial charge in [-0.05, 0) is 75.3 Å². The molecule has 3 heteroatoms. The number of hydrogen-bond acceptors (Lipinski definition) is 3. The zero-order valence-electron chi connectivity index (χ0n) is 16.9. The number of hydrogen-bond donors (Lipinski definition) is 1. The maximum atomic E-state index is 6.46. The Bertz CT molecular complexity index is 548. The van der Waals surface area contributed by atoms with E-state index in [4.69, 9.17) is 15.2 Å². The summed E-state index contributed by atoms with van der Waals surface area (Å²) in [6.07, 6.45) is 10.2. The van der Waals surface area contributed by atoms with Gasteiger partial charge in [-0.15, -0.1) is 0 Å². The third-order valence-electron chi connectivity index (χ3n) is 6.32. The molecule has 2 aliphatic rings. The lowest BCUT2D eigenvalue weighted by Crippen LogP contribution is -2.57. The molecule has 1 saturated carbocycles. The fourth-order valence-corrected chi connectivity index (χ4v) is 4.41. The summed E-state index contributed by atoms with van der Waals surface area (Å²) in [6, 6.07) is 9.29. The summed E-state index contributed by atoms with van der Waals surface area (Å²) < 4.78 is 11.5. The molecule has 26 heavy (non-hydrogen) atoms. The van der Waals surface area contributed by atoms with Crippen LogP contribution >= 0.6 is 0 Å². The average Bonchev–Trinajstić information content (AvgIpc) is 2.65. The van der Waals surface area contributed by atoms with Crippen molar-refractivity contribution in [1.29, 1.82) is 0 Å². The van der Waals surface area contributed by atoms with Gasteiger partial charge in [-0.2, -0.15) is 0 Å². The van der Waals surface area contributed by atoms with E-state index in [1.165, 1.54) is 49.7 Å². The molecule has 3 nitrogen and oxygen atoms in total. The second kappa shape index (κ2) is 8.41. The predicted molar refractivity (Wildman–Crippen MR) is 107 cm³/mol. The molecule has 146 valence electrons. The first kappa shape index (κ1) is 19.9. The van der Waals surface area contributed by atoms with Crippen LogP contribution < -0.4 is 5.73 Å². The molecule has 2 N–H and O–H groups in total. The van der Waals surface area contributed by atoms with Gasteiger partial charge in [0.05, 0.1) is 18.8 Å². The molecule has 2 fully saturated rings. The Morgan fingerprint density at radius 1 is 1.00 bits per heavy atom. The molecular formula is C23H37NO2. The SMILES string of the molecule is CCCC1CCC(c2ccc(CCC3(N)COC(C)(C)OC3)cc2)CC1. The maximum Gasteiger partial charge on any atom is 0.162 e. The topological polar surface area (TPSA) is 44.5 Å². The molecule has 1 aromatic rings. The van der Waals surface area contributed by atoms with E-state index in [-0.39, 0.29) is 5.54 Å². The summed E-state index contributed by atoms with van der Waals surface area (Å²) in [5, 5.41) is 0. The van der Waals surface area contributed by atoms with Crippen molar-refractivity contribution in [2.75, 3.05) is 13.2 Å². The van der Waals surface area contributed by atoms with Gasteiger partial charge in [-0.1, -0.05) is 44.0 Å². The van der Waals surface area contributed by atoms with Gasteiger partial charge < -0.3 is 15.2 Å². The molecule has 0 aromatic heterocycles. The highest BCUT2D eigenvalue weighted by atomic mass is 16.7. The summed E-state index contributed by atoms with van der Waals surface area (Å²) >= 11 is 0. The molecular weight excluding hydrogens is 322 g/mol. The quantitative estimate of drug-likeness (QED) is 0.762. The normalized spacial score (nSPS) is 28.0. The smallest absolute Gasteiger partial charge is 0.162 e. The van der Waals surface area contributed by atoms with Crippen molar-refractivity contribution in [3.8, 4) is 0 Å². The fraction of sp³-hybridized carbons (Fsp3) is 0.739. The van der Waals surface area contributed by atoms with Crippen LogP contribution in [0.25, 0.3) is 0 Å². The van der Waals surface area contributed by atoms with E-state index in [1.807, 2.05) is 13.8 Å². The molecule has 3 rings (SSSR count). The van der Waals surface area contributed by atoms with Crippen molar-refractivity contribution >= 4 is 0 Å². The molecule has 0 bridgehead atoms. The van der Waals surface area contributed by atoms with Crippen LogP contribution in [0.15, 0.2) is 24.3 Å². The minimum atomic E-state index is -0.499. The highest BCUT2D eigenvalue weighted by Crippen LogP contribution is 2.37. The van der Waals surface area contributed by atoms with E-state index in [2.05, 4.69) is 31.2 Å². The molecule has 1 saturated heterocycles. The van der Waals surface area contributed by atoms with E-state index in [1.54, 1.807) is 0 Å². The van der Waals surface area contributed by atoms with Crippen LogP contribution in [0.1, 0.15) is 82.8 Å². The zero-order valence-corrected chi connectivity index (χ0v) is 16.9. The van der Waals surface area contributed by atoms with E-state index in [9.17, 15) is 0 Å². The predicted octanol–water partition coefficient (Wildman–Crippen LogP) is 5.17. The van der Waals surface area contributed by atoms with E-state index in [0.29, 0.717) is 13.2 Å². The molecule has 1 aliphatic heterocycles. The zero-order chi connectivity index (χ0) is 18.6. The van der Waals surface area contributed by atoms with Crippen LogP contribution in [0.2, 0.25) is 0 Å². The van der Waals surface area contributed by atoms with E-state index in [0.717, 1.165) is 24.7 Å². The summed E-state index contributed by atoms with van der Waals surface area (Å²) in [6.45, 7) is 7.34. The Hall–Kier alpha value is -0.900. The Morgan fingerprint density at radius 3 is 2.19 bits per heavy atom.